The van der Waals surface area contributed by atoms with Crippen molar-refractivity contribution < 1.29 is 64.0 Å². The first-order chi connectivity index (χ1) is 13.0. The normalized spacial score (nSPS) is 38.8. The van der Waals surface area contributed by atoms with Crippen molar-refractivity contribution in [1.29, 1.82) is 0 Å². The van der Waals surface area contributed by atoms with Gasteiger partial charge in [0.1, 0.15) is 30.5 Å². The van der Waals surface area contributed by atoms with Gasteiger partial charge < -0.3 is 49.6 Å². The number of aliphatic carboxylic acids is 1. The smallest absolute Gasteiger partial charge is 0.403 e. The summed E-state index contributed by atoms with van der Waals surface area (Å²) in [5, 5.41) is 53.8. The van der Waals surface area contributed by atoms with E-state index in [0.717, 1.165) is 0 Å². The highest BCUT2D eigenvalue weighted by Crippen LogP contribution is 2.26. The molecule has 0 aromatic heterocycles. The highest BCUT2D eigenvalue weighted by atomic mass is 35.5. The summed E-state index contributed by atoms with van der Waals surface area (Å²) in [6.07, 6.45) is -9.30. The number of fused-ring (bicyclic) bond motifs is 2. The van der Waals surface area contributed by atoms with E-state index in [1.807, 2.05) is 0 Å². The van der Waals surface area contributed by atoms with Gasteiger partial charge in [0.05, 0.1) is 20.3 Å². The fraction of sp³-hybridized carbons (Fsp3) is 0.786. The summed E-state index contributed by atoms with van der Waals surface area (Å²) in [6.45, 7) is -0.229. The third-order valence-electron chi connectivity index (χ3n) is 3.86. The van der Waals surface area contributed by atoms with Crippen LogP contribution in [-0.4, -0.2) is 117 Å². The summed E-state index contributed by atoms with van der Waals surface area (Å²) < 4.78 is 17.9. The zero-order valence-corrected chi connectivity index (χ0v) is 15.2. The van der Waals surface area contributed by atoms with Crippen LogP contribution >= 0.6 is 11.6 Å². The van der Waals surface area contributed by atoms with E-state index in [-0.39, 0.29) is 13.2 Å². The Morgan fingerprint density at radius 3 is 2.00 bits per heavy atom. The summed E-state index contributed by atoms with van der Waals surface area (Å²) in [4.78, 5) is 30.5. The van der Waals surface area contributed by atoms with E-state index < -0.39 is 66.2 Å². The molecule has 0 aromatic rings. The van der Waals surface area contributed by atoms with Gasteiger partial charge in [-0.15, -0.1) is 0 Å². The Morgan fingerprint density at radius 2 is 1.54 bits per heavy atom. The number of methoxy groups -OCH3 is 1. The maximum Gasteiger partial charge on any atom is 0.403 e. The molecule has 0 spiro atoms. The molecule has 0 saturated carbocycles. The van der Waals surface area contributed by atoms with Crippen LogP contribution in [0.4, 0.5) is 4.79 Å². The average Bonchev–Trinajstić information content (AvgIpc) is 2.82. The van der Waals surface area contributed by atoms with Crippen molar-refractivity contribution in [2.45, 2.75) is 48.8 Å². The number of aliphatic hydroxyl groups is 5. The van der Waals surface area contributed by atoms with Crippen LogP contribution in [0.1, 0.15) is 0 Å². The van der Waals surface area contributed by atoms with Crippen molar-refractivity contribution in [2.24, 2.45) is 0 Å². The quantitative estimate of drug-likeness (QED) is 0.176. The Balaban J connectivity index is 0.000000228. The number of carboxylic acid groups (broad SMARTS) is 1. The van der Waals surface area contributed by atoms with E-state index in [0.29, 0.717) is 0 Å². The molecule has 28 heavy (non-hydrogen) atoms. The Morgan fingerprint density at radius 1 is 1.00 bits per heavy atom. The Bertz CT molecular complexity index is 557. The Labute approximate surface area is 162 Å². The number of hydrogen-bond donors (Lipinski definition) is 6. The number of carbonyl (C=O) groups is 3. The molecular formula is C14H21ClO13. The summed E-state index contributed by atoms with van der Waals surface area (Å²) in [7, 11) is 1.22. The fourth-order valence-electron chi connectivity index (χ4n) is 2.38. The topological polar surface area (TPSA) is 210 Å². The van der Waals surface area contributed by atoms with Gasteiger partial charge in [-0.1, -0.05) is 0 Å². The van der Waals surface area contributed by atoms with Gasteiger partial charge in [0.2, 0.25) is 0 Å². The number of carboxylic acids is 1. The van der Waals surface area contributed by atoms with Gasteiger partial charge in [-0.05, 0) is 0 Å². The van der Waals surface area contributed by atoms with E-state index >= 15 is 0 Å². The van der Waals surface area contributed by atoms with Crippen LogP contribution in [0.15, 0.2) is 0 Å². The lowest BCUT2D eigenvalue weighted by Gasteiger charge is -2.32. The molecule has 13 nitrogen and oxygen atoms in total. The molecule has 162 valence electrons. The predicted octanol–water partition coefficient (Wildman–Crippen LogP) is -3.42. The highest BCUT2D eigenvalue weighted by molar-refractivity contribution is 6.61. The van der Waals surface area contributed by atoms with E-state index in [9.17, 15) is 19.5 Å². The van der Waals surface area contributed by atoms with Crippen molar-refractivity contribution in [2.75, 3.05) is 20.3 Å². The molecule has 2 bridgehead atoms. The summed E-state index contributed by atoms with van der Waals surface area (Å²) in [5.41, 5.74) is -0.773. The lowest BCUT2D eigenvalue weighted by Crippen LogP contribution is -2.55. The van der Waals surface area contributed by atoms with Crippen LogP contribution in [0, 0.1) is 0 Å². The molecule has 3 aliphatic heterocycles. The average molecular weight is 433 g/mol. The fourth-order valence-corrected chi connectivity index (χ4v) is 2.38. The lowest BCUT2D eigenvalue weighted by molar-refractivity contribution is -0.201. The van der Waals surface area contributed by atoms with Crippen LogP contribution in [0.5, 0.6) is 0 Å². The van der Waals surface area contributed by atoms with Crippen molar-refractivity contribution >= 4 is 29.0 Å². The molecule has 8 atom stereocenters. The van der Waals surface area contributed by atoms with Crippen molar-refractivity contribution in [3.63, 3.8) is 0 Å². The molecule has 0 amide bonds. The molecule has 3 heterocycles. The predicted molar refractivity (Wildman–Crippen MR) is 85.3 cm³/mol. The molecule has 14 heteroatoms. The standard InChI is InChI=1S/C6H10O6.C6H8O5.C2H3ClO2/c7-2-1-12-5(6(10)11)4(9)3(2)8;7-2-1-10-5-3(8)4(2)11-6(5)9;1-5-2(3)4/h2-5,7-9H,1H2,(H,10,11);2-5,7-8H,1H2;1H3/t2-,3-,4+,5+;2-,3+,4-,5+;/m00./s1. The van der Waals surface area contributed by atoms with Gasteiger partial charge in [-0.3, -0.25) is 0 Å². The molecule has 0 aliphatic carbocycles. The Kier molecular flexibility index (Phi) is 9.46. The largest absolute Gasteiger partial charge is 0.479 e. The molecule has 3 rings (SSSR count). The van der Waals surface area contributed by atoms with Crippen molar-refractivity contribution in [3.05, 3.63) is 0 Å². The minimum Gasteiger partial charge on any atom is -0.479 e. The first-order valence-corrected chi connectivity index (χ1v) is 8.19. The maximum absolute atomic E-state index is 10.8. The molecule has 3 fully saturated rings. The van der Waals surface area contributed by atoms with Crippen LogP contribution in [0.3, 0.4) is 0 Å². The molecule has 3 saturated heterocycles. The second-order valence-corrected chi connectivity index (χ2v) is 6.10. The van der Waals surface area contributed by atoms with Gasteiger partial charge in [0, 0.05) is 11.6 Å². The molecule has 6 N–H and O–H groups in total. The van der Waals surface area contributed by atoms with E-state index in [4.69, 9.17) is 30.3 Å². The number of halogens is 1. The molecular weight excluding hydrogens is 412 g/mol. The monoisotopic (exact) mass is 432 g/mol. The number of esters is 1. The minimum atomic E-state index is -1.58. The van der Waals surface area contributed by atoms with Crippen molar-refractivity contribution in [1.82, 2.24) is 0 Å². The molecule has 3 aliphatic rings. The van der Waals surface area contributed by atoms with E-state index in [1.54, 1.807) is 0 Å². The minimum absolute atomic E-state index is 0.0537. The highest BCUT2D eigenvalue weighted by Gasteiger charge is 2.51. The second-order valence-electron chi connectivity index (χ2n) is 5.80. The number of carbonyl (C=O) groups excluding carboxylic acids is 2. The van der Waals surface area contributed by atoms with Gasteiger partial charge in [0.25, 0.3) is 0 Å². The SMILES string of the molecule is COC(=O)Cl.O=C(O)[C@@H]1OC[C@H](O)[C@H](O)[C@H]1O.O=C1O[C@@H]2[C@@H](O)[C@H]1OC[C@@H]2O. The third kappa shape index (κ3) is 6.22. The first-order valence-electron chi connectivity index (χ1n) is 7.81. The van der Waals surface area contributed by atoms with Crippen molar-refractivity contribution in [3.8, 4) is 0 Å². The summed E-state index contributed by atoms with van der Waals surface area (Å²) >= 11 is 4.60. The van der Waals surface area contributed by atoms with Crippen LogP contribution < -0.4 is 0 Å². The summed E-state index contributed by atoms with van der Waals surface area (Å²) in [5.74, 6) is -1.94. The number of aliphatic hydroxyl groups excluding tert-OH is 5. The second kappa shape index (κ2) is 10.8. The van der Waals surface area contributed by atoms with Crippen LogP contribution in [0.25, 0.3) is 0 Å². The first kappa shape index (κ1) is 24.5. The van der Waals surface area contributed by atoms with E-state index in [1.165, 1.54) is 7.11 Å². The number of hydrogen-bond acceptors (Lipinski definition) is 12. The Hall–Kier alpha value is -1.58. The molecule has 0 aromatic carbocycles. The summed E-state index contributed by atoms with van der Waals surface area (Å²) in [6, 6.07) is 0. The van der Waals surface area contributed by atoms with Gasteiger partial charge in [0.15, 0.2) is 18.3 Å². The third-order valence-corrected chi connectivity index (χ3v) is 4.02. The van der Waals surface area contributed by atoms with Gasteiger partial charge in [-0.2, -0.15) is 0 Å². The van der Waals surface area contributed by atoms with Crippen LogP contribution in [0.2, 0.25) is 0 Å². The number of rotatable bonds is 1. The van der Waals surface area contributed by atoms with Crippen LogP contribution in [-0.2, 0) is 28.5 Å². The van der Waals surface area contributed by atoms with E-state index in [2.05, 4.69) is 25.8 Å². The lowest BCUT2D eigenvalue weighted by atomic mass is 10.0. The van der Waals surface area contributed by atoms with Gasteiger partial charge >= 0.3 is 17.4 Å². The number of ether oxygens (including phenoxy) is 4. The zero-order chi connectivity index (χ0) is 21.6. The van der Waals surface area contributed by atoms with Gasteiger partial charge in [-0.25, -0.2) is 14.4 Å². The molecule has 0 radical (unpaired) electrons. The maximum atomic E-state index is 10.8. The molecule has 0 unspecified atom stereocenters. The zero-order valence-electron chi connectivity index (χ0n) is 14.5.